The van der Waals surface area contributed by atoms with Crippen LogP contribution in [0, 0.1) is 35.5 Å². The SMILES string of the molecule is C[C@@H]1CC[C@H]2C(COC(=O)c3ccc(C(=O)OCC4=C(C(F)(F)F)O[C@@H]5O[C@]6(C)CC[C@H]7[C@H](C)CC[C@@H]4[C@@]57OO6)s3)=C(C(F)(F)F)O[C@@H]3O[C@@]4(C)CC[C@@H]1[C@]32OO4. The number of halogens is 6. The molecular formula is C38H42F6O12S. The lowest BCUT2D eigenvalue weighted by atomic mass is 9.59. The minimum Gasteiger partial charge on any atom is -0.457 e. The predicted molar refractivity (Wildman–Crippen MR) is 179 cm³/mol. The van der Waals surface area contributed by atoms with Crippen LogP contribution < -0.4 is 0 Å². The molecule has 8 aliphatic heterocycles. The normalized spacial score (nSPS) is 42.3. The van der Waals surface area contributed by atoms with Crippen molar-refractivity contribution in [2.24, 2.45) is 35.5 Å². The van der Waals surface area contributed by atoms with E-state index < -0.39 is 96.2 Å². The van der Waals surface area contributed by atoms with Crippen LogP contribution in [0.25, 0.3) is 0 Å². The molecule has 12 atom stereocenters. The summed E-state index contributed by atoms with van der Waals surface area (Å²) in [7, 11) is 0. The van der Waals surface area contributed by atoms with E-state index in [1.54, 1.807) is 13.8 Å². The molecule has 11 rings (SSSR count). The summed E-state index contributed by atoms with van der Waals surface area (Å²) < 4.78 is 121. The Labute approximate surface area is 326 Å². The third-order valence-electron chi connectivity index (χ3n) is 13.6. The van der Waals surface area contributed by atoms with Crippen molar-refractivity contribution in [3.63, 3.8) is 0 Å². The van der Waals surface area contributed by atoms with E-state index in [4.69, 9.17) is 48.0 Å². The number of rotatable bonds is 6. The standard InChI is InChI=1S/C38H42F6O12S/c1-17-5-7-23-19(27(37(39,40)41)49-31-35(23)21(17)11-13-33(3,51-31)53-55-35)15-47-29(45)25-9-10-26(57-25)30(46)48-16-20-24-8-6-18(2)22-12-14-34(4)52-32(36(22,24)56-54-34)50-28(20)38(42,43)44/h9-10,17-18,21-24,31-32H,5-8,11-16H2,1-4H3/t17-,18-,21+,22+,23+,24+,31-,32-,33-,34+,35-,36-/m1/s1. The van der Waals surface area contributed by atoms with Gasteiger partial charge in [0, 0.05) is 47.7 Å². The molecule has 0 aromatic carbocycles. The zero-order chi connectivity index (χ0) is 40.5. The van der Waals surface area contributed by atoms with Gasteiger partial charge in [-0.25, -0.2) is 29.1 Å². The molecule has 12 nitrogen and oxygen atoms in total. The second-order valence-corrected chi connectivity index (χ2v) is 18.1. The number of fused-ring (bicyclic) bond motifs is 4. The third kappa shape index (κ3) is 6.14. The third-order valence-corrected chi connectivity index (χ3v) is 14.6. The molecule has 314 valence electrons. The van der Waals surface area contributed by atoms with Crippen molar-refractivity contribution in [2.75, 3.05) is 13.2 Å². The van der Waals surface area contributed by atoms with Gasteiger partial charge in [0.2, 0.25) is 35.7 Å². The Morgan fingerprint density at radius 3 is 1.46 bits per heavy atom. The molecule has 19 heteroatoms. The summed E-state index contributed by atoms with van der Waals surface area (Å²) in [6.45, 7) is 5.55. The Morgan fingerprint density at radius 1 is 0.667 bits per heavy atom. The summed E-state index contributed by atoms with van der Waals surface area (Å²) in [4.78, 5) is 49.6. The first-order valence-electron chi connectivity index (χ1n) is 19.3. The van der Waals surface area contributed by atoms with Gasteiger partial charge in [-0.15, -0.1) is 11.3 Å². The van der Waals surface area contributed by atoms with E-state index in [0.717, 1.165) is 0 Å². The van der Waals surface area contributed by atoms with E-state index in [0.29, 0.717) is 49.9 Å². The molecule has 9 heterocycles. The van der Waals surface area contributed by atoms with Crippen LogP contribution in [0.4, 0.5) is 26.3 Å². The van der Waals surface area contributed by atoms with Gasteiger partial charge in [-0.2, -0.15) is 26.3 Å². The highest BCUT2D eigenvalue weighted by molar-refractivity contribution is 7.15. The summed E-state index contributed by atoms with van der Waals surface area (Å²) in [5, 5.41) is 0. The van der Waals surface area contributed by atoms with Crippen LogP contribution in [0.1, 0.15) is 98.4 Å². The summed E-state index contributed by atoms with van der Waals surface area (Å²) in [6.07, 6.45) is -9.22. The molecular weight excluding hydrogens is 794 g/mol. The average molecular weight is 837 g/mol. The highest BCUT2D eigenvalue weighted by Crippen LogP contribution is 2.63. The van der Waals surface area contributed by atoms with Crippen molar-refractivity contribution in [2.45, 2.75) is 127 Å². The highest BCUT2D eigenvalue weighted by atomic mass is 32.1. The van der Waals surface area contributed by atoms with Gasteiger partial charge in [-0.1, -0.05) is 13.8 Å². The summed E-state index contributed by atoms with van der Waals surface area (Å²) in [5.74, 6) is -9.61. The van der Waals surface area contributed by atoms with E-state index in [1.165, 1.54) is 12.1 Å². The second kappa shape index (κ2) is 13.3. The van der Waals surface area contributed by atoms with Crippen LogP contribution in [0.15, 0.2) is 34.8 Å². The van der Waals surface area contributed by atoms with Crippen LogP contribution in [0.5, 0.6) is 0 Å². The van der Waals surface area contributed by atoms with Gasteiger partial charge in [0.1, 0.15) is 23.0 Å². The molecule has 0 unspecified atom stereocenters. The van der Waals surface area contributed by atoms with Crippen molar-refractivity contribution < 1.29 is 83.9 Å². The summed E-state index contributed by atoms with van der Waals surface area (Å²) in [6, 6.07) is 2.44. The van der Waals surface area contributed by atoms with E-state index in [9.17, 15) is 35.9 Å². The van der Waals surface area contributed by atoms with E-state index >= 15 is 0 Å². The number of thiophene rings is 1. The molecule has 10 aliphatic rings. The summed E-state index contributed by atoms with van der Waals surface area (Å²) in [5.41, 5.74) is -3.46. The van der Waals surface area contributed by atoms with Gasteiger partial charge in [0.25, 0.3) is 0 Å². The number of allylic oxidation sites excluding steroid dienone is 2. The molecule has 4 bridgehead atoms. The second-order valence-electron chi connectivity index (χ2n) is 17.0. The lowest BCUT2D eigenvalue weighted by Gasteiger charge is -2.57. The van der Waals surface area contributed by atoms with E-state index in [2.05, 4.69) is 0 Å². The molecule has 57 heavy (non-hydrogen) atoms. The largest absolute Gasteiger partial charge is 0.457 e. The molecule has 1 aromatic heterocycles. The molecule has 2 spiro atoms. The topological polar surface area (TPSA) is 126 Å². The van der Waals surface area contributed by atoms with Gasteiger partial charge < -0.3 is 28.4 Å². The number of ether oxygens (including phenoxy) is 6. The van der Waals surface area contributed by atoms with Crippen molar-refractivity contribution >= 4 is 23.3 Å². The Balaban J connectivity index is 0.928. The van der Waals surface area contributed by atoms with Crippen LogP contribution >= 0.6 is 11.3 Å². The first kappa shape index (κ1) is 39.5. The number of esters is 2. The number of alkyl halides is 6. The maximum Gasteiger partial charge on any atom is 0.449 e. The number of hydrogen-bond donors (Lipinski definition) is 0. The Bertz CT molecular complexity index is 1770. The average Bonchev–Trinajstić information content (AvgIpc) is 3.39. The molecule has 8 fully saturated rings. The van der Waals surface area contributed by atoms with Gasteiger partial charge in [0.15, 0.2) is 11.2 Å². The van der Waals surface area contributed by atoms with Crippen LogP contribution in [0.2, 0.25) is 0 Å². The Kier molecular flexibility index (Phi) is 9.21. The summed E-state index contributed by atoms with van der Waals surface area (Å²) >= 11 is 0.615. The monoisotopic (exact) mass is 836 g/mol. The fourth-order valence-corrected chi connectivity index (χ4v) is 11.6. The molecule has 2 aliphatic carbocycles. The van der Waals surface area contributed by atoms with Gasteiger partial charge in [-0.05, 0) is 76.3 Å². The minimum atomic E-state index is -4.96. The number of carbonyl (C=O) groups excluding carboxylic acids is 2. The van der Waals surface area contributed by atoms with Crippen molar-refractivity contribution in [3.05, 3.63) is 44.6 Å². The Hall–Kier alpha value is -2.94. The molecule has 6 saturated heterocycles. The zero-order valence-corrected chi connectivity index (χ0v) is 32.2. The molecule has 0 amide bonds. The quantitative estimate of drug-likeness (QED) is 0.156. The van der Waals surface area contributed by atoms with Crippen molar-refractivity contribution in [1.82, 2.24) is 0 Å². The first-order valence-corrected chi connectivity index (χ1v) is 20.1. The van der Waals surface area contributed by atoms with Crippen molar-refractivity contribution in [1.29, 1.82) is 0 Å². The van der Waals surface area contributed by atoms with Gasteiger partial charge in [-0.3, -0.25) is 0 Å². The predicted octanol–water partition coefficient (Wildman–Crippen LogP) is 8.19. The van der Waals surface area contributed by atoms with Gasteiger partial charge in [0.05, 0.1) is 0 Å². The number of carbonyl (C=O) groups is 2. The fourth-order valence-electron chi connectivity index (χ4n) is 10.8. The maximum atomic E-state index is 14.6. The Morgan fingerprint density at radius 2 is 1.07 bits per heavy atom. The van der Waals surface area contributed by atoms with Crippen molar-refractivity contribution in [3.8, 4) is 0 Å². The fraction of sp³-hybridized carbons (Fsp3) is 0.737. The molecule has 0 radical (unpaired) electrons. The molecule has 1 aromatic rings. The molecule has 0 N–H and O–H groups in total. The van der Waals surface area contributed by atoms with Gasteiger partial charge >= 0.3 is 24.3 Å². The lowest BCUT2D eigenvalue weighted by molar-refractivity contribution is -0.558. The maximum absolute atomic E-state index is 14.6. The first-order chi connectivity index (χ1) is 26.8. The zero-order valence-electron chi connectivity index (χ0n) is 31.4. The lowest BCUT2D eigenvalue weighted by Crippen LogP contribution is -2.67. The molecule has 2 saturated carbocycles. The van der Waals surface area contributed by atoms with Crippen LogP contribution in [-0.4, -0.2) is 72.9 Å². The van der Waals surface area contributed by atoms with E-state index in [-0.39, 0.29) is 57.4 Å². The smallest absolute Gasteiger partial charge is 0.449 e. The van der Waals surface area contributed by atoms with Crippen LogP contribution in [-0.2, 0) is 48.0 Å². The number of hydrogen-bond acceptors (Lipinski definition) is 13. The highest BCUT2D eigenvalue weighted by Gasteiger charge is 2.72. The minimum absolute atomic E-state index is 0.0502. The van der Waals surface area contributed by atoms with E-state index in [1.807, 2.05) is 13.8 Å². The van der Waals surface area contributed by atoms with Crippen LogP contribution in [0.3, 0.4) is 0 Å².